The monoisotopic (exact) mass is 414 g/mol. The third-order valence-corrected chi connectivity index (χ3v) is 5.69. The van der Waals surface area contributed by atoms with Crippen LogP contribution in [-0.2, 0) is 0 Å². The largest absolute Gasteiger partial charge is 0.494 e. The molecule has 0 saturated heterocycles. The number of nitrogens with zero attached hydrogens (tertiary/aromatic N) is 1. The van der Waals surface area contributed by atoms with Crippen LogP contribution in [0.15, 0.2) is 53.0 Å². The van der Waals surface area contributed by atoms with Crippen LogP contribution in [0, 0.1) is 16.0 Å². The van der Waals surface area contributed by atoms with E-state index in [9.17, 15) is 10.1 Å². The summed E-state index contributed by atoms with van der Waals surface area (Å²) in [4.78, 5) is 11.4. The first kappa shape index (κ1) is 17.1. The molecule has 3 atom stereocenters. The molecule has 1 aliphatic carbocycles. The van der Waals surface area contributed by atoms with Crippen molar-refractivity contribution in [2.45, 2.75) is 25.3 Å². The van der Waals surface area contributed by atoms with Gasteiger partial charge in [0.25, 0.3) is 5.69 Å². The number of nitro groups is 1. The van der Waals surface area contributed by atoms with E-state index in [-0.39, 0.29) is 22.6 Å². The number of anilines is 1. The number of fused-ring (bicyclic) bond motifs is 3. The van der Waals surface area contributed by atoms with Crippen LogP contribution < -0.4 is 10.1 Å². The van der Waals surface area contributed by atoms with Crippen molar-refractivity contribution in [3.05, 3.63) is 74.3 Å². The Kier molecular flexibility index (Phi) is 4.44. The van der Waals surface area contributed by atoms with Crippen LogP contribution in [-0.4, -0.2) is 11.5 Å². The number of nitrogens with one attached hydrogen (secondary N) is 1. The Balaban J connectivity index is 1.83. The van der Waals surface area contributed by atoms with E-state index in [1.54, 1.807) is 0 Å². The lowest BCUT2D eigenvalue weighted by Gasteiger charge is -2.37. The zero-order valence-electron chi connectivity index (χ0n) is 14.3. The van der Waals surface area contributed by atoms with Crippen LogP contribution in [0.5, 0.6) is 5.75 Å². The number of nitro benzene ring substituents is 1. The Hall–Kier alpha value is -2.34. The molecule has 0 amide bonds. The van der Waals surface area contributed by atoms with Gasteiger partial charge in [0, 0.05) is 10.4 Å². The molecule has 2 aromatic rings. The third-order valence-electron chi connectivity index (χ3n) is 5.16. The number of hydrogen-bond donors (Lipinski definition) is 1. The molecule has 0 radical (unpaired) electrons. The molecule has 0 bridgehead atoms. The van der Waals surface area contributed by atoms with Gasteiger partial charge in [0.2, 0.25) is 0 Å². The molecule has 134 valence electrons. The highest BCUT2D eigenvalue weighted by atomic mass is 79.9. The highest BCUT2D eigenvalue weighted by molar-refractivity contribution is 9.10. The molecular formula is C20H19BrN2O3. The van der Waals surface area contributed by atoms with E-state index in [2.05, 4.69) is 45.5 Å². The van der Waals surface area contributed by atoms with Crippen molar-refractivity contribution < 1.29 is 9.66 Å². The summed E-state index contributed by atoms with van der Waals surface area (Å²) >= 11 is 3.47. The molecule has 0 spiro atoms. The van der Waals surface area contributed by atoms with Crippen molar-refractivity contribution in [3.63, 3.8) is 0 Å². The van der Waals surface area contributed by atoms with Crippen LogP contribution in [0.2, 0.25) is 0 Å². The summed E-state index contributed by atoms with van der Waals surface area (Å²) in [5.41, 5.74) is 2.78. The van der Waals surface area contributed by atoms with Gasteiger partial charge in [-0.25, -0.2) is 0 Å². The highest BCUT2D eigenvalue weighted by Gasteiger charge is 2.41. The second-order valence-corrected chi connectivity index (χ2v) is 7.54. The van der Waals surface area contributed by atoms with Crippen molar-refractivity contribution in [3.8, 4) is 5.75 Å². The Bertz CT molecular complexity index is 879. The van der Waals surface area contributed by atoms with Gasteiger partial charge in [-0.05, 0) is 48.6 Å². The summed E-state index contributed by atoms with van der Waals surface area (Å²) in [6.07, 6.45) is 5.30. The molecule has 0 unspecified atom stereocenters. The van der Waals surface area contributed by atoms with Gasteiger partial charge in [0.15, 0.2) is 0 Å². The summed E-state index contributed by atoms with van der Waals surface area (Å²) in [5, 5.41) is 15.2. The van der Waals surface area contributed by atoms with E-state index in [1.807, 2.05) is 25.1 Å². The first-order valence-electron chi connectivity index (χ1n) is 8.72. The van der Waals surface area contributed by atoms with Crippen molar-refractivity contribution >= 4 is 27.3 Å². The van der Waals surface area contributed by atoms with Crippen LogP contribution in [0.25, 0.3) is 0 Å². The molecule has 2 aromatic carbocycles. The van der Waals surface area contributed by atoms with E-state index in [1.165, 1.54) is 6.07 Å². The van der Waals surface area contributed by atoms with Gasteiger partial charge in [-0.15, -0.1) is 0 Å². The Labute approximate surface area is 160 Å². The smallest absolute Gasteiger partial charge is 0.296 e. The molecule has 1 heterocycles. The molecular weight excluding hydrogens is 396 g/mol. The van der Waals surface area contributed by atoms with Crippen LogP contribution in [0.4, 0.5) is 11.4 Å². The first-order valence-corrected chi connectivity index (χ1v) is 9.51. The van der Waals surface area contributed by atoms with Gasteiger partial charge in [-0.2, -0.15) is 0 Å². The molecule has 0 saturated carbocycles. The summed E-state index contributed by atoms with van der Waals surface area (Å²) in [6.45, 7) is 2.36. The van der Waals surface area contributed by atoms with Crippen LogP contribution in [0.1, 0.15) is 36.4 Å². The van der Waals surface area contributed by atoms with Gasteiger partial charge < -0.3 is 10.1 Å². The second-order valence-electron chi connectivity index (χ2n) is 6.62. The summed E-state index contributed by atoms with van der Waals surface area (Å²) in [7, 11) is 0. The van der Waals surface area contributed by atoms with Crippen LogP contribution >= 0.6 is 15.9 Å². The number of benzene rings is 2. The molecule has 0 fully saturated rings. The van der Waals surface area contributed by atoms with E-state index in [0.29, 0.717) is 24.0 Å². The minimum Gasteiger partial charge on any atom is -0.494 e. The fraction of sp³-hybridized carbons (Fsp3) is 0.300. The van der Waals surface area contributed by atoms with Crippen molar-refractivity contribution in [1.82, 2.24) is 0 Å². The number of rotatable bonds is 4. The Morgan fingerprint density at radius 2 is 2.08 bits per heavy atom. The molecule has 5 nitrogen and oxygen atoms in total. The lowest BCUT2D eigenvalue weighted by atomic mass is 9.76. The maximum absolute atomic E-state index is 11.7. The summed E-state index contributed by atoms with van der Waals surface area (Å²) in [6, 6.07) is 11.7. The molecule has 6 heteroatoms. The molecule has 0 aromatic heterocycles. The maximum Gasteiger partial charge on any atom is 0.296 e. The molecule has 2 aliphatic rings. The Morgan fingerprint density at radius 3 is 2.77 bits per heavy atom. The van der Waals surface area contributed by atoms with Gasteiger partial charge in [0.1, 0.15) is 11.4 Å². The lowest BCUT2D eigenvalue weighted by Crippen LogP contribution is -2.29. The van der Waals surface area contributed by atoms with Crippen molar-refractivity contribution in [2.24, 2.45) is 5.92 Å². The van der Waals surface area contributed by atoms with Crippen molar-refractivity contribution in [1.29, 1.82) is 0 Å². The zero-order valence-corrected chi connectivity index (χ0v) is 15.9. The quantitative estimate of drug-likeness (QED) is 0.402. The number of hydrogen-bond acceptors (Lipinski definition) is 4. The predicted octanol–water partition coefficient (Wildman–Crippen LogP) is 5.58. The lowest BCUT2D eigenvalue weighted by molar-refractivity contribution is -0.384. The topological polar surface area (TPSA) is 64.4 Å². The molecule has 1 N–H and O–H groups in total. The zero-order chi connectivity index (χ0) is 18.3. The minimum atomic E-state index is -0.327. The van der Waals surface area contributed by atoms with E-state index in [4.69, 9.17) is 4.74 Å². The molecule has 1 aliphatic heterocycles. The molecule has 4 rings (SSSR count). The van der Waals surface area contributed by atoms with Gasteiger partial charge >= 0.3 is 0 Å². The number of allylic oxidation sites excluding steroid dienone is 2. The minimum absolute atomic E-state index is 0.0345. The van der Waals surface area contributed by atoms with E-state index >= 15 is 0 Å². The first-order chi connectivity index (χ1) is 12.6. The number of halogens is 1. The number of ether oxygens (including phenoxy) is 1. The standard InChI is InChI=1S/C20H19BrN2O3/c1-2-26-14-10-17-15-4-3-5-16(15)19(12-6-8-13(21)9-7-12)22-20(17)18(11-14)23(24)25/h3-4,6-11,15-16,19,22H,2,5H2,1H3/t15-,16-,19-/m1/s1. The Morgan fingerprint density at radius 1 is 1.31 bits per heavy atom. The average Bonchev–Trinajstić information content (AvgIpc) is 3.11. The average molecular weight is 415 g/mol. The van der Waals surface area contributed by atoms with Crippen LogP contribution in [0.3, 0.4) is 0 Å². The third kappa shape index (κ3) is 2.88. The van der Waals surface area contributed by atoms with Crippen molar-refractivity contribution in [2.75, 3.05) is 11.9 Å². The van der Waals surface area contributed by atoms with E-state index < -0.39 is 0 Å². The van der Waals surface area contributed by atoms with E-state index in [0.717, 1.165) is 22.0 Å². The van der Waals surface area contributed by atoms with Gasteiger partial charge in [0.05, 0.1) is 23.6 Å². The fourth-order valence-corrected chi connectivity index (χ4v) is 4.31. The predicted molar refractivity (Wildman–Crippen MR) is 105 cm³/mol. The second kappa shape index (κ2) is 6.76. The summed E-state index contributed by atoms with van der Waals surface area (Å²) < 4.78 is 6.59. The fourth-order valence-electron chi connectivity index (χ4n) is 4.05. The normalized spacial score (nSPS) is 23.1. The maximum atomic E-state index is 11.7. The highest BCUT2D eigenvalue weighted by Crippen LogP contribution is 2.53. The van der Waals surface area contributed by atoms with Gasteiger partial charge in [-0.1, -0.05) is 40.2 Å². The van der Waals surface area contributed by atoms with Gasteiger partial charge in [-0.3, -0.25) is 10.1 Å². The summed E-state index contributed by atoms with van der Waals surface area (Å²) in [5.74, 6) is 1.04. The molecule has 26 heavy (non-hydrogen) atoms. The SMILES string of the molecule is CCOc1cc2c(c([N+](=O)[O-])c1)N[C@H](c1ccc(Br)cc1)[C@@H]1CC=C[C@@H]21.